The normalized spacial score (nSPS) is 55.1. The van der Waals surface area contributed by atoms with Crippen LogP contribution in [0.4, 0.5) is 0 Å². The quantitative estimate of drug-likeness (QED) is 0.387. The predicted molar refractivity (Wildman–Crippen MR) is 112 cm³/mol. The Hall–Kier alpha value is 0.0900. The molecule has 0 aromatic heterocycles. The van der Waals surface area contributed by atoms with Crippen LogP contribution in [-0.2, 0) is 0 Å². The van der Waals surface area contributed by atoms with Crippen molar-refractivity contribution in [2.45, 2.75) is 97.7 Å². The second kappa shape index (κ2) is 6.05. The van der Waals surface area contributed by atoms with E-state index in [1.807, 2.05) is 5.57 Å². The third-order valence-electron chi connectivity index (χ3n) is 9.90. The summed E-state index contributed by atoms with van der Waals surface area (Å²) in [6.07, 6.45) is 15.2. The van der Waals surface area contributed by atoms with Gasteiger partial charge in [0.15, 0.2) is 0 Å². The zero-order valence-electron chi connectivity index (χ0n) is 17.3. The molecule has 0 nitrogen and oxygen atoms in total. The number of hydrogen-bond acceptors (Lipinski definition) is 1. The summed E-state index contributed by atoms with van der Waals surface area (Å²) < 4.78 is 0. The van der Waals surface area contributed by atoms with Crippen molar-refractivity contribution in [3.05, 3.63) is 11.6 Å². The molecule has 142 valence electrons. The summed E-state index contributed by atoms with van der Waals surface area (Å²) in [4.78, 5) is 0. The Morgan fingerprint density at radius 1 is 1.08 bits per heavy atom. The lowest BCUT2D eigenvalue weighted by Crippen LogP contribution is -2.60. The van der Waals surface area contributed by atoms with E-state index in [2.05, 4.69) is 40.7 Å². The van der Waals surface area contributed by atoms with Gasteiger partial charge in [0.05, 0.1) is 0 Å². The lowest BCUT2D eigenvalue weighted by molar-refractivity contribution is -0.166. The van der Waals surface area contributed by atoms with E-state index in [1.54, 1.807) is 0 Å². The van der Waals surface area contributed by atoms with Gasteiger partial charge in [0.1, 0.15) is 0 Å². The van der Waals surface area contributed by atoms with Crippen LogP contribution in [0.2, 0.25) is 0 Å². The van der Waals surface area contributed by atoms with E-state index in [0.717, 1.165) is 23.7 Å². The monoisotopic (exact) mass is 360 g/mol. The van der Waals surface area contributed by atoms with Crippen molar-refractivity contribution in [1.29, 1.82) is 0 Å². The third kappa shape index (κ3) is 2.46. The van der Waals surface area contributed by atoms with Gasteiger partial charge >= 0.3 is 0 Å². The van der Waals surface area contributed by atoms with E-state index < -0.39 is 0 Å². The van der Waals surface area contributed by atoms with Gasteiger partial charge in [-0.3, -0.25) is 0 Å². The van der Waals surface area contributed by atoms with Crippen LogP contribution in [0, 0.1) is 39.9 Å². The van der Waals surface area contributed by atoms with Gasteiger partial charge in [-0.2, -0.15) is 12.6 Å². The first-order chi connectivity index (χ1) is 11.7. The summed E-state index contributed by atoms with van der Waals surface area (Å²) in [6.45, 7) is 12.9. The molecule has 0 aromatic carbocycles. The molecule has 4 aliphatic carbocycles. The SMILES string of the molecule is CCCC1=CCC2C3C(C)CC4(C)CC(S)CCC4(C)C3CCC12C. The van der Waals surface area contributed by atoms with Crippen molar-refractivity contribution >= 4 is 12.6 Å². The average Bonchev–Trinajstić information content (AvgIpc) is 2.86. The van der Waals surface area contributed by atoms with Crippen molar-refractivity contribution in [3.8, 4) is 0 Å². The molecule has 3 fully saturated rings. The van der Waals surface area contributed by atoms with Gasteiger partial charge in [0, 0.05) is 5.25 Å². The topological polar surface area (TPSA) is 0 Å². The maximum atomic E-state index is 4.92. The van der Waals surface area contributed by atoms with Gasteiger partial charge in [0.2, 0.25) is 0 Å². The lowest BCUT2D eigenvalue weighted by Gasteiger charge is -2.67. The third-order valence-corrected chi connectivity index (χ3v) is 10.3. The Morgan fingerprint density at radius 3 is 2.56 bits per heavy atom. The molecule has 8 unspecified atom stereocenters. The van der Waals surface area contributed by atoms with Crippen LogP contribution < -0.4 is 0 Å². The molecule has 1 heteroatoms. The van der Waals surface area contributed by atoms with Gasteiger partial charge in [-0.25, -0.2) is 0 Å². The van der Waals surface area contributed by atoms with E-state index in [1.165, 1.54) is 57.8 Å². The molecule has 3 saturated carbocycles. The molecule has 0 aliphatic heterocycles. The van der Waals surface area contributed by atoms with Gasteiger partial charge in [0.25, 0.3) is 0 Å². The minimum absolute atomic E-state index is 0.518. The van der Waals surface area contributed by atoms with E-state index in [9.17, 15) is 0 Å². The molecule has 0 N–H and O–H groups in total. The minimum Gasteiger partial charge on any atom is -0.176 e. The second-order valence-corrected chi connectivity index (χ2v) is 11.7. The Labute approximate surface area is 162 Å². The van der Waals surface area contributed by atoms with E-state index in [-0.39, 0.29) is 0 Å². The molecule has 25 heavy (non-hydrogen) atoms. The van der Waals surface area contributed by atoms with E-state index in [0.29, 0.717) is 21.5 Å². The van der Waals surface area contributed by atoms with Gasteiger partial charge in [-0.1, -0.05) is 52.7 Å². The van der Waals surface area contributed by atoms with Crippen LogP contribution in [0.15, 0.2) is 11.6 Å². The van der Waals surface area contributed by atoms with Crippen molar-refractivity contribution in [2.75, 3.05) is 0 Å². The largest absolute Gasteiger partial charge is 0.176 e. The van der Waals surface area contributed by atoms with Gasteiger partial charge < -0.3 is 0 Å². The van der Waals surface area contributed by atoms with Crippen LogP contribution in [0.5, 0.6) is 0 Å². The van der Waals surface area contributed by atoms with E-state index >= 15 is 0 Å². The minimum atomic E-state index is 0.518. The molecule has 0 radical (unpaired) electrons. The van der Waals surface area contributed by atoms with Crippen LogP contribution in [-0.4, -0.2) is 5.25 Å². The first-order valence-corrected chi connectivity index (χ1v) is 11.6. The van der Waals surface area contributed by atoms with Crippen LogP contribution in [0.25, 0.3) is 0 Å². The molecule has 0 amide bonds. The summed E-state index contributed by atoms with van der Waals surface area (Å²) in [5.74, 6) is 3.73. The van der Waals surface area contributed by atoms with Gasteiger partial charge in [-0.05, 0) is 91.3 Å². The number of thiol groups is 1. The maximum absolute atomic E-state index is 4.92. The first-order valence-electron chi connectivity index (χ1n) is 11.1. The summed E-state index contributed by atoms with van der Waals surface area (Å²) in [5, 5.41) is 0.639. The molecular weight excluding hydrogens is 320 g/mol. The average molecular weight is 361 g/mol. The number of allylic oxidation sites excluding steroid dienone is 2. The Morgan fingerprint density at radius 2 is 1.84 bits per heavy atom. The molecule has 0 saturated heterocycles. The summed E-state index contributed by atoms with van der Waals surface area (Å²) >= 11 is 4.92. The van der Waals surface area contributed by atoms with Crippen LogP contribution in [0.3, 0.4) is 0 Å². The van der Waals surface area contributed by atoms with Crippen molar-refractivity contribution in [1.82, 2.24) is 0 Å². The standard InChI is InChI=1S/C24H40S/c1-6-7-17-8-9-19-21-16(2)14-22(3)15-18(25)10-13-24(22,5)20(21)11-12-23(17,19)4/h8,16,18-21,25H,6-7,9-15H2,1-5H3. The van der Waals surface area contributed by atoms with Crippen molar-refractivity contribution in [3.63, 3.8) is 0 Å². The summed E-state index contributed by atoms with van der Waals surface area (Å²) in [5.41, 5.74) is 3.42. The Kier molecular flexibility index (Phi) is 4.46. The maximum Gasteiger partial charge on any atom is 0.00224 e. The number of rotatable bonds is 2. The smallest absolute Gasteiger partial charge is 0.00224 e. The molecule has 0 aromatic rings. The second-order valence-electron chi connectivity index (χ2n) is 11.0. The molecular formula is C24H40S. The molecule has 0 bridgehead atoms. The summed E-state index contributed by atoms with van der Waals surface area (Å²) in [6, 6.07) is 0. The predicted octanol–water partition coefficient (Wildman–Crippen LogP) is 7.30. The highest BCUT2D eigenvalue weighted by molar-refractivity contribution is 7.80. The van der Waals surface area contributed by atoms with Crippen LogP contribution in [0.1, 0.15) is 92.4 Å². The molecule has 4 rings (SSSR count). The zero-order chi connectivity index (χ0) is 18.0. The Bertz CT molecular complexity index is 564. The van der Waals surface area contributed by atoms with Crippen molar-refractivity contribution in [2.24, 2.45) is 39.9 Å². The Balaban J connectivity index is 1.67. The van der Waals surface area contributed by atoms with E-state index in [4.69, 9.17) is 12.6 Å². The lowest BCUT2D eigenvalue weighted by atomic mass is 9.38. The fraction of sp³-hybridized carbons (Fsp3) is 0.917. The molecule has 0 heterocycles. The zero-order valence-corrected chi connectivity index (χ0v) is 18.2. The fourth-order valence-corrected chi connectivity index (χ4v) is 9.00. The number of fused-ring (bicyclic) bond motifs is 5. The first kappa shape index (κ1) is 18.5. The molecule has 0 spiro atoms. The highest BCUT2D eigenvalue weighted by Gasteiger charge is 2.63. The summed E-state index contributed by atoms with van der Waals surface area (Å²) in [7, 11) is 0. The highest BCUT2D eigenvalue weighted by Crippen LogP contribution is 2.71. The van der Waals surface area contributed by atoms with Crippen LogP contribution >= 0.6 is 12.6 Å². The molecule has 4 aliphatic rings. The highest BCUT2D eigenvalue weighted by atomic mass is 32.1. The van der Waals surface area contributed by atoms with Crippen molar-refractivity contribution < 1.29 is 0 Å². The molecule has 8 atom stereocenters. The number of hydrogen-bond donors (Lipinski definition) is 1. The fourth-order valence-electron chi connectivity index (χ4n) is 8.47. The van der Waals surface area contributed by atoms with Gasteiger partial charge in [-0.15, -0.1) is 0 Å².